The minimum atomic E-state index is -0.394. The molecule has 0 bridgehead atoms. The van der Waals surface area contributed by atoms with Gasteiger partial charge in [-0.2, -0.15) is 0 Å². The number of hydrogen-bond donors (Lipinski definition) is 1. The highest BCUT2D eigenvalue weighted by atomic mass is 127. The van der Waals surface area contributed by atoms with Crippen molar-refractivity contribution in [2.24, 2.45) is 5.73 Å². The summed E-state index contributed by atoms with van der Waals surface area (Å²) in [6.07, 6.45) is 4.92. The van der Waals surface area contributed by atoms with E-state index in [2.05, 4.69) is 7.05 Å². The smallest absolute Gasteiger partial charge is 0.250 e. The molecule has 0 spiro atoms. The van der Waals surface area contributed by atoms with Gasteiger partial charge in [0, 0.05) is 46.9 Å². The Morgan fingerprint density at radius 1 is 1.21 bits per heavy atom. The highest BCUT2D eigenvalue weighted by molar-refractivity contribution is 7.12. The molecule has 1 aromatic carbocycles. The van der Waals surface area contributed by atoms with Crippen LogP contribution in [0.3, 0.4) is 0 Å². The van der Waals surface area contributed by atoms with E-state index >= 15 is 0 Å². The fraction of sp³-hybridized carbons (Fsp3) is 0.455. The van der Waals surface area contributed by atoms with Crippen LogP contribution in [0.4, 0.5) is 0 Å². The van der Waals surface area contributed by atoms with Gasteiger partial charge in [-0.1, -0.05) is 23.7 Å². The predicted octanol–water partition coefficient (Wildman–Crippen LogP) is 0.566. The number of carbonyl (C=O) groups excluding carboxylic acids is 2. The number of rotatable bonds is 6. The molecule has 29 heavy (non-hydrogen) atoms. The summed E-state index contributed by atoms with van der Waals surface area (Å²) in [5, 5.41) is 0.659. The third-order valence-corrected chi connectivity index (χ3v) is 7.96. The average molecular weight is 545 g/mol. The summed E-state index contributed by atoms with van der Waals surface area (Å²) in [5.41, 5.74) is 8.39. The number of benzene rings is 1. The third-order valence-electron chi connectivity index (χ3n) is 6.45. The van der Waals surface area contributed by atoms with Crippen molar-refractivity contribution in [3.05, 3.63) is 55.7 Å². The van der Waals surface area contributed by atoms with Crippen molar-refractivity contribution in [3.8, 4) is 0 Å². The Bertz CT molecular complexity index is 922. The molecule has 1 amide bonds. The van der Waals surface area contributed by atoms with E-state index in [1.807, 2.05) is 12.1 Å². The first-order valence-corrected chi connectivity index (χ1v) is 11.1. The number of likely N-dealkylation sites (N-methyl/N-ethyl adjacent to an activating group) is 1. The van der Waals surface area contributed by atoms with Crippen LogP contribution in [0.15, 0.2) is 24.3 Å². The van der Waals surface area contributed by atoms with Crippen molar-refractivity contribution >= 4 is 34.6 Å². The molecule has 1 saturated heterocycles. The van der Waals surface area contributed by atoms with Crippen LogP contribution in [0.5, 0.6) is 0 Å². The molecule has 4 nitrogen and oxygen atoms in total. The average Bonchev–Trinajstić information content (AvgIpc) is 2.98. The van der Waals surface area contributed by atoms with Gasteiger partial charge in [0.25, 0.3) is 0 Å². The second-order valence-electron chi connectivity index (χ2n) is 8.36. The number of halogens is 2. The molecule has 1 unspecified atom stereocenters. The number of hydrogen-bond acceptors (Lipinski definition) is 3. The van der Waals surface area contributed by atoms with E-state index in [1.165, 1.54) is 24.4 Å². The maximum Gasteiger partial charge on any atom is 0.250 e. The van der Waals surface area contributed by atoms with Crippen LogP contribution in [-0.4, -0.2) is 42.4 Å². The van der Waals surface area contributed by atoms with Gasteiger partial charge in [-0.3, -0.25) is 9.59 Å². The van der Waals surface area contributed by atoms with Gasteiger partial charge in [-0.25, -0.2) is 0 Å². The zero-order valence-corrected chi connectivity index (χ0v) is 20.3. The minimum absolute atomic E-state index is 0. The van der Waals surface area contributed by atoms with Gasteiger partial charge < -0.3 is 34.2 Å². The van der Waals surface area contributed by atoms with E-state index in [4.69, 9.17) is 17.3 Å². The van der Waals surface area contributed by atoms with Crippen molar-refractivity contribution in [3.63, 3.8) is 0 Å². The second kappa shape index (κ2) is 9.04. The molecule has 156 valence electrons. The molecule has 1 aliphatic heterocycles. The molecule has 2 heterocycles. The molecular weight excluding hydrogens is 519 g/mol. The molecule has 2 aromatic rings. The largest absolute Gasteiger partial charge is 1.00 e. The van der Waals surface area contributed by atoms with Crippen LogP contribution >= 0.6 is 22.9 Å². The number of Topliss-reactive ketones (excluding diaryl/α,β-unsaturated/α-hetero) is 1. The molecule has 1 aromatic heterocycles. The number of ketones is 1. The van der Waals surface area contributed by atoms with E-state index in [0.717, 1.165) is 39.7 Å². The lowest BCUT2D eigenvalue weighted by atomic mass is 9.87. The van der Waals surface area contributed by atoms with Crippen molar-refractivity contribution < 1.29 is 38.0 Å². The van der Waals surface area contributed by atoms with Crippen LogP contribution < -0.4 is 29.7 Å². The second-order valence-corrected chi connectivity index (χ2v) is 9.99. The lowest BCUT2D eigenvalue weighted by molar-refractivity contribution is -0.969. The Kier molecular flexibility index (Phi) is 7.08. The number of likely N-dealkylation sites (tertiary alicyclic amines) is 1. The standard InChI is InChI=1S/C22H25ClN2O2S.HI/c1-25(9-2-10-25)16-7-8-18-19(12-16)28-20(21(18)22(24)27)13-17(26)11-14-3-5-15(23)6-4-14;/h3-6,16H,2,7-13H2,1H3,(H-,24,27);1H. The summed E-state index contributed by atoms with van der Waals surface area (Å²) in [6, 6.07) is 7.95. The first-order chi connectivity index (χ1) is 13.4. The Balaban J connectivity index is 0.00000240. The SMILES string of the molecule is C[N+]1(C2CCc3c(sc(CC(=O)Cc4ccc(Cl)cc4)c3C(N)=O)C2)CCC1.[I-]. The summed E-state index contributed by atoms with van der Waals surface area (Å²) in [7, 11) is 2.35. The van der Waals surface area contributed by atoms with Gasteiger partial charge in [0.05, 0.1) is 31.7 Å². The molecular formula is C22H26ClIN2O2S. The molecule has 1 atom stereocenters. The number of primary amides is 1. The number of nitrogens with zero attached hydrogens (tertiary/aromatic N) is 1. The number of amides is 1. The summed E-state index contributed by atoms with van der Waals surface area (Å²) in [5.74, 6) is -0.295. The van der Waals surface area contributed by atoms with Crippen LogP contribution in [0.1, 0.15) is 44.1 Å². The Labute approximate surface area is 198 Å². The van der Waals surface area contributed by atoms with Gasteiger partial charge in [0.1, 0.15) is 5.78 Å². The molecule has 0 radical (unpaired) electrons. The van der Waals surface area contributed by atoms with Crippen molar-refractivity contribution in [1.82, 2.24) is 0 Å². The fourth-order valence-corrected chi connectivity index (χ4v) is 6.25. The van der Waals surface area contributed by atoms with E-state index in [0.29, 0.717) is 23.0 Å². The van der Waals surface area contributed by atoms with Crippen LogP contribution in [0.25, 0.3) is 0 Å². The molecule has 1 aliphatic carbocycles. The first-order valence-electron chi connectivity index (χ1n) is 9.89. The Morgan fingerprint density at radius 3 is 2.48 bits per heavy atom. The number of quaternary nitrogens is 1. The van der Waals surface area contributed by atoms with Crippen LogP contribution in [-0.2, 0) is 30.5 Å². The summed E-state index contributed by atoms with van der Waals surface area (Å²) < 4.78 is 1.15. The fourth-order valence-electron chi connectivity index (χ4n) is 4.66. The number of thiophene rings is 1. The van der Waals surface area contributed by atoms with E-state index in [-0.39, 0.29) is 36.2 Å². The lowest BCUT2D eigenvalue weighted by Gasteiger charge is -2.49. The van der Waals surface area contributed by atoms with Crippen molar-refractivity contribution in [2.75, 3.05) is 20.1 Å². The number of carbonyl (C=O) groups is 2. The van der Waals surface area contributed by atoms with Crippen molar-refractivity contribution in [1.29, 1.82) is 0 Å². The minimum Gasteiger partial charge on any atom is -1.00 e. The molecule has 4 rings (SSSR count). The molecule has 2 N–H and O–H groups in total. The van der Waals surface area contributed by atoms with Crippen LogP contribution in [0, 0.1) is 0 Å². The van der Waals surface area contributed by atoms with Gasteiger partial charge in [-0.05, 0) is 29.7 Å². The molecule has 1 fully saturated rings. The zero-order valence-electron chi connectivity index (χ0n) is 16.5. The monoisotopic (exact) mass is 544 g/mol. The van der Waals surface area contributed by atoms with Crippen molar-refractivity contribution in [2.45, 2.75) is 44.6 Å². The summed E-state index contributed by atoms with van der Waals surface area (Å²) >= 11 is 7.55. The van der Waals surface area contributed by atoms with Gasteiger partial charge in [0.2, 0.25) is 5.91 Å². The summed E-state index contributed by atoms with van der Waals surface area (Å²) in [6.45, 7) is 2.50. The molecule has 7 heteroatoms. The highest BCUT2D eigenvalue weighted by Gasteiger charge is 2.42. The van der Waals surface area contributed by atoms with E-state index in [1.54, 1.807) is 23.5 Å². The third kappa shape index (κ3) is 4.70. The molecule has 0 saturated carbocycles. The zero-order chi connectivity index (χ0) is 19.9. The topological polar surface area (TPSA) is 60.2 Å². The van der Waals surface area contributed by atoms with Gasteiger partial charge in [0.15, 0.2) is 0 Å². The summed E-state index contributed by atoms with van der Waals surface area (Å²) in [4.78, 5) is 26.9. The Morgan fingerprint density at radius 2 is 1.90 bits per heavy atom. The van der Waals surface area contributed by atoms with Gasteiger partial charge in [-0.15, -0.1) is 11.3 Å². The quantitative estimate of drug-likeness (QED) is 0.427. The first kappa shape index (κ1) is 22.7. The van der Waals surface area contributed by atoms with Gasteiger partial charge >= 0.3 is 0 Å². The number of nitrogens with two attached hydrogens (primary N) is 1. The number of fused-ring (bicyclic) bond motifs is 1. The van der Waals surface area contributed by atoms with E-state index in [9.17, 15) is 9.59 Å². The predicted molar refractivity (Wildman–Crippen MR) is 113 cm³/mol. The maximum absolute atomic E-state index is 12.7. The van der Waals surface area contributed by atoms with Crippen LogP contribution in [0.2, 0.25) is 5.02 Å². The van der Waals surface area contributed by atoms with E-state index < -0.39 is 5.91 Å². The lowest BCUT2D eigenvalue weighted by Crippen LogP contribution is -3.00. The maximum atomic E-state index is 12.7. The molecule has 2 aliphatic rings. The normalized spacial score (nSPS) is 19.6. The highest BCUT2D eigenvalue weighted by Crippen LogP contribution is 2.39. The Hall–Kier alpha value is -0.960.